The van der Waals surface area contributed by atoms with Crippen LogP contribution >= 0.6 is 22.9 Å². The van der Waals surface area contributed by atoms with E-state index in [1.807, 2.05) is 56.3 Å². The van der Waals surface area contributed by atoms with Crippen molar-refractivity contribution < 1.29 is 15.0 Å². The predicted octanol–water partition coefficient (Wildman–Crippen LogP) is 4.97. The molecule has 0 bridgehead atoms. The number of aliphatic hydroxyl groups is 2. The van der Waals surface area contributed by atoms with Crippen molar-refractivity contribution in [3.8, 4) is 11.8 Å². The summed E-state index contributed by atoms with van der Waals surface area (Å²) in [4.78, 5) is 24.1. The largest absolute Gasteiger partial charge is 0.389 e. The lowest BCUT2D eigenvalue weighted by atomic mass is 9.75. The summed E-state index contributed by atoms with van der Waals surface area (Å²) in [6.07, 6.45) is -0.752. The Labute approximate surface area is 230 Å². The van der Waals surface area contributed by atoms with Crippen molar-refractivity contribution in [2.24, 2.45) is 11.3 Å². The zero-order valence-electron chi connectivity index (χ0n) is 21.6. The molecule has 3 N–H and O–H groups in total. The number of fused-ring (bicyclic) bond motifs is 1. The molecule has 0 aliphatic heterocycles. The molecule has 3 aromatic heterocycles. The van der Waals surface area contributed by atoms with Gasteiger partial charge in [-0.2, -0.15) is 0 Å². The molecular weight excluding hydrogens is 520 g/mol. The quantitative estimate of drug-likeness (QED) is 0.304. The van der Waals surface area contributed by atoms with Gasteiger partial charge in [-0.1, -0.05) is 30.7 Å². The average Bonchev–Trinajstić information content (AvgIpc) is 3.54. The van der Waals surface area contributed by atoms with Crippen LogP contribution in [0.25, 0.3) is 11.2 Å². The summed E-state index contributed by atoms with van der Waals surface area (Å²) in [6, 6.07) is 12.9. The molecule has 1 aliphatic carbocycles. The van der Waals surface area contributed by atoms with Crippen LogP contribution in [0.4, 0.5) is 5.69 Å². The highest BCUT2D eigenvalue weighted by atomic mass is 35.5. The number of thiophene rings is 1. The van der Waals surface area contributed by atoms with Gasteiger partial charge >= 0.3 is 0 Å². The Balaban J connectivity index is 1.60. The fourth-order valence-electron chi connectivity index (χ4n) is 5.29. The minimum Gasteiger partial charge on any atom is -0.389 e. The number of aromatic nitrogens is 3. The number of imidazole rings is 1. The molecule has 0 saturated heterocycles. The number of halogens is 1. The van der Waals surface area contributed by atoms with E-state index in [4.69, 9.17) is 16.6 Å². The molecule has 5 atom stereocenters. The number of pyridine rings is 1. The van der Waals surface area contributed by atoms with E-state index in [9.17, 15) is 15.0 Å². The van der Waals surface area contributed by atoms with Gasteiger partial charge in [0, 0.05) is 16.4 Å². The van der Waals surface area contributed by atoms with Gasteiger partial charge in [-0.15, -0.1) is 11.3 Å². The van der Waals surface area contributed by atoms with Crippen LogP contribution < -0.4 is 5.32 Å². The van der Waals surface area contributed by atoms with Gasteiger partial charge in [0.15, 0.2) is 5.65 Å². The minimum absolute atomic E-state index is 0.168. The first-order valence-electron chi connectivity index (χ1n) is 12.4. The Kier molecular flexibility index (Phi) is 7.05. The van der Waals surface area contributed by atoms with E-state index in [1.165, 1.54) is 11.8 Å². The van der Waals surface area contributed by atoms with Gasteiger partial charge in [0.2, 0.25) is 0 Å². The highest BCUT2D eigenvalue weighted by Gasteiger charge is 2.58. The van der Waals surface area contributed by atoms with Crippen molar-refractivity contribution in [2.75, 3.05) is 5.32 Å². The number of Topliss-reactive ketones (excluding diaryl/α,β-unsaturated/α-hetero) is 1. The Morgan fingerprint density at radius 2 is 2.03 bits per heavy atom. The fourth-order valence-corrected chi connectivity index (χ4v) is 6.22. The Bertz CT molecular complexity index is 1590. The van der Waals surface area contributed by atoms with Crippen LogP contribution in [0.1, 0.15) is 47.8 Å². The van der Waals surface area contributed by atoms with E-state index < -0.39 is 23.7 Å². The normalized spacial score (nSPS) is 24.8. The van der Waals surface area contributed by atoms with E-state index in [-0.39, 0.29) is 11.7 Å². The first-order valence-corrected chi connectivity index (χ1v) is 13.6. The van der Waals surface area contributed by atoms with Crippen LogP contribution in [0, 0.1) is 30.1 Å². The predicted molar refractivity (Wildman–Crippen MR) is 150 cm³/mol. The summed E-state index contributed by atoms with van der Waals surface area (Å²) >= 11 is 7.78. The van der Waals surface area contributed by atoms with Crippen LogP contribution in [-0.2, 0) is 11.3 Å². The summed E-state index contributed by atoms with van der Waals surface area (Å²) in [7, 11) is 0. The summed E-state index contributed by atoms with van der Waals surface area (Å²) in [5, 5.41) is 26.1. The third-order valence-electron chi connectivity index (χ3n) is 7.78. The van der Waals surface area contributed by atoms with Gasteiger partial charge in [0.05, 0.1) is 34.5 Å². The second kappa shape index (κ2) is 10.2. The van der Waals surface area contributed by atoms with Gasteiger partial charge in [-0.05, 0) is 74.4 Å². The fraction of sp³-hybridized carbons (Fsp3) is 0.345. The number of ketones is 1. The zero-order valence-corrected chi connectivity index (χ0v) is 23.1. The standard InChI is InChI=1S/C29H29ClN4O3S/c1-16-8-10-22(38-16)11-9-21-13-23(31-14-19-6-5-7-20(30)12-19)24-28(33-21)34(15-32-24)25-17(2)29(4,18(3)35)27(37)26(25)36/h5-8,10,12-13,15,17,25-27,36-37H,14H2,1-4H3,(H,31,33)/t17?,25-,26+,27?,29?/m1/s1. The topological polar surface area (TPSA) is 100 Å². The molecule has 1 aromatic carbocycles. The Morgan fingerprint density at radius 1 is 1.24 bits per heavy atom. The zero-order chi connectivity index (χ0) is 27.2. The number of carbonyl (C=O) groups excluding carboxylic acids is 1. The molecule has 3 heterocycles. The maximum atomic E-state index is 12.5. The molecule has 0 spiro atoms. The van der Waals surface area contributed by atoms with Crippen molar-refractivity contribution in [3.05, 3.63) is 74.8 Å². The highest BCUT2D eigenvalue weighted by molar-refractivity contribution is 7.12. The van der Waals surface area contributed by atoms with Gasteiger partial charge in [0.25, 0.3) is 0 Å². The lowest BCUT2D eigenvalue weighted by Gasteiger charge is -2.30. The van der Waals surface area contributed by atoms with Crippen LogP contribution in [0.15, 0.2) is 48.8 Å². The maximum absolute atomic E-state index is 12.5. The molecule has 196 valence electrons. The molecule has 3 unspecified atom stereocenters. The van der Waals surface area contributed by atoms with Crippen molar-refractivity contribution in [2.45, 2.75) is 52.5 Å². The highest BCUT2D eigenvalue weighted by Crippen LogP contribution is 2.50. The summed E-state index contributed by atoms with van der Waals surface area (Å²) in [5.41, 5.74) is 2.30. The van der Waals surface area contributed by atoms with Crippen molar-refractivity contribution in [1.29, 1.82) is 0 Å². The number of aryl methyl sites for hydroxylation is 1. The molecule has 7 nitrogen and oxygen atoms in total. The summed E-state index contributed by atoms with van der Waals surface area (Å²) in [5.74, 6) is 5.82. The number of aliphatic hydroxyl groups excluding tert-OH is 2. The smallest absolute Gasteiger partial charge is 0.163 e. The van der Waals surface area contributed by atoms with E-state index >= 15 is 0 Å². The molecule has 5 rings (SSSR count). The van der Waals surface area contributed by atoms with Gasteiger partial charge in [0.1, 0.15) is 23.1 Å². The SMILES string of the molecule is CC(=O)C1(C)C(O)[C@@H](O)[C@H](n2cnc3c(NCc4cccc(Cl)c4)cc(C#Cc4ccc(C)s4)nc32)C1C. The molecule has 1 saturated carbocycles. The van der Waals surface area contributed by atoms with Gasteiger partial charge < -0.3 is 20.1 Å². The molecule has 1 aliphatic rings. The van der Waals surface area contributed by atoms with Gasteiger partial charge in [-0.3, -0.25) is 4.79 Å². The van der Waals surface area contributed by atoms with Gasteiger partial charge in [-0.25, -0.2) is 9.97 Å². The number of nitrogens with zero attached hydrogens (tertiary/aromatic N) is 3. The molecule has 1 fully saturated rings. The van der Waals surface area contributed by atoms with E-state index in [2.05, 4.69) is 22.1 Å². The average molecular weight is 549 g/mol. The van der Waals surface area contributed by atoms with E-state index in [0.717, 1.165) is 16.1 Å². The number of hydrogen-bond donors (Lipinski definition) is 3. The number of nitrogens with one attached hydrogen (secondary N) is 1. The second-order valence-corrected chi connectivity index (χ2v) is 11.8. The molecule has 4 aromatic rings. The lowest BCUT2D eigenvalue weighted by molar-refractivity contribution is -0.135. The molecular formula is C29H29ClN4O3S. The maximum Gasteiger partial charge on any atom is 0.163 e. The number of hydrogen-bond acceptors (Lipinski definition) is 7. The number of benzene rings is 1. The molecule has 0 radical (unpaired) electrons. The van der Waals surface area contributed by atoms with Crippen LogP contribution in [0.2, 0.25) is 5.02 Å². The Hall–Kier alpha value is -3.22. The molecule has 0 amide bonds. The number of anilines is 1. The number of carbonyl (C=O) groups is 1. The summed E-state index contributed by atoms with van der Waals surface area (Å²) < 4.78 is 1.77. The van der Waals surface area contributed by atoms with Crippen molar-refractivity contribution >= 4 is 45.6 Å². The number of rotatable bonds is 5. The molecule has 9 heteroatoms. The first kappa shape index (κ1) is 26.4. The first-order chi connectivity index (χ1) is 18.1. The Morgan fingerprint density at radius 3 is 2.68 bits per heavy atom. The third-order valence-corrected chi connectivity index (χ3v) is 8.93. The van der Waals surface area contributed by atoms with Crippen molar-refractivity contribution in [1.82, 2.24) is 14.5 Å². The van der Waals surface area contributed by atoms with Crippen LogP contribution in [0.5, 0.6) is 0 Å². The van der Waals surface area contributed by atoms with E-state index in [1.54, 1.807) is 29.2 Å². The molecule has 38 heavy (non-hydrogen) atoms. The third kappa shape index (κ3) is 4.61. The summed E-state index contributed by atoms with van der Waals surface area (Å²) in [6.45, 7) is 7.58. The monoisotopic (exact) mass is 548 g/mol. The van der Waals surface area contributed by atoms with Crippen LogP contribution in [0.3, 0.4) is 0 Å². The van der Waals surface area contributed by atoms with Crippen molar-refractivity contribution in [3.63, 3.8) is 0 Å². The lowest BCUT2D eigenvalue weighted by Crippen LogP contribution is -2.41. The van der Waals surface area contributed by atoms with E-state index in [0.29, 0.717) is 28.4 Å². The second-order valence-electron chi connectivity index (χ2n) is 10.1. The van der Waals surface area contributed by atoms with Crippen LogP contribution in [-0.4, -0.2) is 42.7 Å². The minimum atomic E-state index is -1.21.